The van der Waals surface area contributed by atoms with Crippen LogP contribution in [0, 0.1) is 6.92 Å². The van der Waals surface area contributed by atoms with Gasteiger partial charge in [-0.15, -0.1) is 0 Å². The Kier molecular flexibility index (Phi) is 4.75. The largest absolute Gasteiger partial charge is 0.491 e. The number of nitrogens with zero attached hydrogens (tertiary/aromatic N) is 5. The molecule has 0 spiro atoms. The first-order chi connectivity index (χ1) is 15.3. The van der Waals surface area contributed by atoms with E-state index in [4.69, 9.17) is 4.74 Å². The van der Waals surface area contributed by atoms with Crippen LogP contribution in [-0.4, -0.2) is 55.8 Å². The monoisotopic (exact) mass is 444 g/mol. The predicted molar refractivity (Wildman–Crippen MR) is 111 cm³/mol. The molecule has 3 aromatic heterocycles. The number of carbonyl (C=O) groups is 1. The number of nitrogens with one attached hydrogen (secondary N) is 1. The lowest BCUT2D eigenvalue weighted by Crippen LogP contribution is -2.35. The van der Waals surface area contributed by atoms with Crippen LogP contribution in [0.15, 0.2) is 36.9 Å². The lowest BCUT2D eigenvalue weighted by Gasteiger charge is -2.25. The molecule has 0 radical (unpaired) electrons. The van der Waals surface area contributed by atoms with Crippen molar-refractivity contribution in [3.63, 3.8) is 0 Å². The molecule has 0 amide bonds. The van der Waals surface area contributed by atoms with E-state index in [0.29, 0.717) is 33.5 Å². The van der Waals surface area contributed by atoms with Crippen LogP contribution in [0.3, 0.4) is 0 Å². The molecule has 4 aromatic rings. The fraction of sp³-hybridized carbons (Fsp3) is 0.333. The minimum Gasteiger partial charge on any atom is -0.491 e. The molecule has 4 heterocycles. The third kappa shape index (κ3) is 3.33. The van der Waals surface area contributed by atoms with Gasteiger partial charge in [-0.05, 0) is 38.0 Å². The van der Waals surface area contributed by atoms with Crippen LogP contribution < -0.4 is 9.64 Å². The third-order valence-electron chi connectivity index (χ3n) is 5.71. The molecule has 1 atom stereocenters. The standard InChI is InChI=1S/C21H19F3N6O2/c1-12-8-14-15(30(12)20(31)21(22,23)24)5-2-6-16(14)32-9-13-4-3-7-29(13)19-17-18(26-10-25-17)27-11-28-19/h2,5-6,8,10-11,13H,3-4,7,9H2,1H3,(H,25,26,27,28)/t13-/m1/s1. The summed E-state index contributed by atoms with van der Waals surface area (Å²) < 4.78 is 45.9. The Bertz CT molecular complexity index is 1310. The van der Waals surface area contributed by atoms with Gasteiger partial charge in [-0.25, -0.2) is 15.0 Å². The van der Waals surface area contributed by atoms with Gasteiger partial charge in [-0.1, -0.05) is 6.07 Å². The van der Waals surface area contributed by atoms with Gasteiger partial charge < -0.3 is 14.6 Å². The Labute approximate surface area is 180 Å². The van der Waals surface area contributed by atoms with E-state index in [0.717, 1.165) is 25.2 Å². The van der Waals surface area contributed by atoms with Crippen LogP contribution in [0.4, 0.5) is 19.0 Å². The molecule has 0 bridgehead atoms. The van der Waals surface area contributed by atoms with Gasteiger partial charge >= 0.3 is 12.1 Å². The van der Waals surface area contributed by atoms with E-state index in [1.54, 1.807) is 24.5 Å². The second-order valence-electron chi connectivity index (χ2n) is 7.71. The smallest absolute Gasteiger partial charge is 0.472 e. The predicted octanol–water partition coefficient (Wildman–Crippen LogP) is 3.87. The van der Waals surface area contributed by atoms with Crippen LogP contribution in [-0.2, 0) is 0 Å². The molecule has 0 aliphatic carbocycles. The number of aryl methyl sites for hydroxylation is 1. The highest BCUT2D eigenvalue weighted by molar-refractivity contribution is 5.98. The van der Waals surface area contributed by atoms with Crippen molar-refractivity contribution < 1.29 is 22.7 Å². The average Bonchev–Trinajstić information content (AvgIpc) is 3.48. The highest BCUT2D eigenvalue weighted by atomic mass is 19.4. The van der Waals surface area contributed by atoms with E-state index in [-0.39, 0.29) is 17.3 Å². The van der Waals surface area contributed by atoms with Gasteiger partial charge in [0.05, 0.1) is 17.9 Å². The Morgan fingerprint density at radius 3 is 2.94 bits per heavy atom. The molecule has 1 saturated heterocycles. The molecule has 0 saturated carbocycles. The number of fused-ring (bicyclic) bond motifs is 2. The molecule has 1 aliphatic rings. The van der Waals surface area contributed by atoms with E-state index in [1.807, 2.05) is 0 Å². The topological polar surface area (TPSA) is 88.9 Å². The molecule has 1 aromatic carbocycles. The molecular formula is C21H19F3N6O2. The summed E-state index contributed by atoms with van der Waals surface area (Å²) in [5.41, 5.74) is 1.69. The molecule has 1 N–H and O–H groups in total. The maximum atomic E-state index is 13.0. The number of ether oxygens (including phenoxy) is 1. The Morgan fingerprint density at radius 2 is 2.12 bits per heavy atom. The van der Waals surface area contributed by atoms with Crippen LogP contribution >= 0.6 is 0 Å². The lowest BCUT2D eigenvalue weighted by molar-refractivity contribution is -0.0944. The molecular weight excluding hydrogens is 425 g/mol. The third-order valence-corrected chi connectivity index (χ3v) is 5.71. The van der Waals surface area contributed by atoms with E-state index in [1.165, 1.54) is 19.3 Å². The minimum atomic E-state index is -4.97. The first kappa shape index (κ1) is 20.3. The summed E-state index contributed by atoms with van der Waals surface area (Å²) >= 11 is 0. The zero-order valence-electron chi connectivity index (χ0n) is 17.1. The minimum absolute atomic E-state index is 0.0139. The summed E-state index contributed by atoms with van der Waals surface area (Å²) in [5, 5.41) is 0.462. The van der Waals surface area contributed by atoms with Crippen LogP contribution in [0.1, 0.15) is 23.3 Å². The molecule has 166 valence electrons. The van der Waals surface area contributed by atoms with Crippen molar-refractivity contribution in [3.8, 4) is 5.75 Å². The van der Waals surface area contributed by atoms with Crippen molar-refractivity contribution in [2.24, 2.45) is 0 Å². The molecule has 1 fully saturated rings. The number of aromatic nitrogens is 5. The van der Waals surface area contributed by atoms with Gasteiger partial charge in [0.1, 0.15) is 24.2 Å². The number of halogens is 3. The van der Waals surface area contributed by atoms with Gasteiger partial charge in [0.25, 0.3) is 0 Å². The molecule has 0 unspecified atom stereocenters. The van der Waals surface area contributed by atoms with E-state index >= 15 is 0 Å². The van der Waals surface area contributed by atoms with E-state index in [9.17, 15) is 18.0 Å². The van der Waals surface area contributed by atoms with Crippen LogP contribution in [0.2, 0.25) is 0 Å². The van der Waals surface area contributed by atoms with Gasteiger partial charge in [-0.3, -0.25) is 9.36 Å². The Balaban J connectivity index is 1.42. The summed E-state index contributed by atoms with van der Waals surface area (Å²) in [5.74, 6) is -0.770. The number of alkyl halides is 3. The number of imidazole rings is 1. The first-order valence-corrected chi connectivity index (χ1v) is 10.1. The maximum Gasteiger partial charge on any atom is 0.472 e. The summed E-state index contributed by atoms with van der Waals surface area (Å²) in [6.45, 7) is 2.57. The Hall–Kier alpha value is -3.63. The molecule has 8 nitrogen and oxygen atoms in total. The number of aromatic amines is 1. The first-order valence-electron chi connectivity index (χ1n) is 10.1. The highest BCUT2D eigenvalue weighted by Gasteiger charge is 2.41. The number of H-pyrrole nitrogens is 1. The normalized spacial score (nSPS) is 16.9. The summed E-state index contributed by atoms with van der Waals surface area (Å²) in [6, 6.07) is 6.32. The maximum absolute atomic E-state index is 13.0. The van der Waals surface area contributed by atoms with Gasteiger partial charge in [0.15, 0.2) is 11.5 Å². The van der Waals surface area contributed by atoms with Crippen LogP contribution in [0.5, 0.6) is 5.75 Å². The van der Waals surface area contributed by atoms with Crippen molar-refractivity contribution in [1.82, 2.24) is 24.5 Å². The number of hydrogen-bond donors (Lipinski definition) is 1. The van der Waals surface area contributed by atoms with Crippen molar-refractivity contribution in [3.05, 3.63) is 42.6 Å². The van der Waals surface area contributed by atoms with Crippen molar-refractivity contribution >= 4 is 33.8 Å². The van der Waals surface area contributed by atoms with Gasteiger partial charge in [0, 0.05) is 17.6 Å². The number of benzene rings is 1. The van der Waals surface area contributed by atoms with Crippen LogP contribution in [0.25, 0.3) is 22.1 Å². The summed E-state index contributed by atoms with van der Waals surface area (Å²) in [4.78, 5) is 29.9. The van der Waals surface area contributed by atoms with Crippen molar-refractivity contribution in [2.45, 2.75) is 32.0 Å². The van der Waals surface area contributed by atoms with Gasteiger partial charge in [0.2, 0.25) is 0 Å². The number of carbonyl (C=O) groups excluding carboxylic acids is 1. The van der Waals surface area contributed by atoms with Gasteiger partial charge in [-0.2, -0.15) is 13.2 Å². The zero-order chi connectivity index (χ0) is 22.5. The molecule has 11 heteroatoms. The quantitative estimate of drug-likeness (QED) is 0.514. The molecule has 1 aliphatic heterocycles. The molecule has 32 heavy (non-hydrogen) atoms. The van der Waals surface area contributed by atoms with E-state index in [2.05, 4.69) is 24.8 Å². The second kappa shape index (κ2) is 7.50. The zero-order valence-corrected chi connectivity index (χ0v) is 17.1. The second-order valence-corrected chi connectivity index (χ2v) is 7.71. The number of rotatable bonds is 4. The van der Waals surface area contributed by atoms with E-state index < -0.39 is 12.1 Å². The number of anilines is 1. The molecule has 5 rings (SSSR count). The SMILES string of the molecule is Cc1cc2c(OC[C@H]3CCCN3c3ncnc4[nH]cnc34)cccc2n1C(=O)C(F)(F)F. The fourth-order valence-corrected chi connectivity index (χ4v) is 4.29. The summed E-state index contributed by atoms with van der Waals surface area (Å²) in [7, 11) is 0. The number of hydrogen-bond acceptors (Lipinski definition) is 6. The van der Waals surface area contributed by atoms with Crippen molar-refractivity contribution in [2.75, 3.05) is 18.1 Å². The lowest BCUT2D eigenvalue weighted by atomic mass is 10.2. The average molecular weight is 444 g/mol. The van der Waals surface area contributed by atoms with Crippen molar-refractivity contribution in [1.29, 1.82) is 0 Å². The summed E-state index contributed by atoms with van der Waals surface area (Å²) in [6.07, 6.45) is -0.0917. The highest BCUT2D eigenvalue weighted by Crippen LogP contribution is 2.33. The Morgan fingerprint density at radius 1 is 1.28 bits per heavy atom. The fourth-order valence-electron chi connectivity index (χ4n) is 4.29.